The quantitative estimate of drug-likeness (QED) is 0.109. The van der Waals surface area contributed by atoms with Crippen LogP contribution in [-0.2, 0) is 31.8 Å². The van der Waals surface area contributed by atoms with E-state index in [1.54, 1.807) is 22.7 Å². The highest BCUT2D eigenvalue weighted by Crippen LogP contribution is 2.34. The second-order valence-electron chi connectivity index (χ2n) is 14.1. The zero-order valence-corrected chi connectivity index (χ0v) is 38.3. The van der Waals surface area contributed by atoms with Gasteiger partial charge in [0.2, 0.25) is 15.9 Å². The third kappa shape index (κ3) is 11.4. The van der Waals surface area contributed by atoms with Gasteiger partial charge in [-0.15, -0.1) is 34.0 Å². The minimum Gasteiger partial charge on any atom is -0.771 e. The Bertz CT molecular complexity index is 2450. The number of aromatic nitrogens is 6. The molecule has 6 aromatic heterocycles. The van der Waals surface area contributed by atoms with Crippen molar-refractivity contribution in [2.24, 2.45) is 0 Å². The molecule has 10 heterocycles. The lowest BCUT2D eigenvalue weighted by molar-refractivity contribution is 0.112. The van der Waals surface area contributed by atoms with Gasteiger partial charge in [-0.05, 0) is 69.5 Å². The van der Waals surface area contributed by atoms with Crippen molar-refractivity contribution in [1.82, 2.24) is 39.7 Å². The van der Waals surface area contributed by atoms with E-state index >= 15 is 0 Å². The van der Waals surface area contributed by atoms with Crippen LogP contribution < -0.4 is 14.7 Å². The maximum atomic E-state index is 10.8. The van der Waals surface area contributed by atoms with Gasteiger partial charge in [-0.1, -0.05) is 0 Å². The van der Waals surface area contributed by atoms with Gasteiger partial charge in [0.25, 0.3) is 0 Å². The van der Waals surface area contributed by atoms with Gasteiger partial charge >= 0.3 is 0 Å². The molecule has 61 heavy (non-hydrogen) atoms. The third-order valence-corrected chi connectivity index (χ3v) is 14.1. The molecule has 24 heteroatoms. The highest BCUT2D eigenvalue weighted by Gasteiger charge is 2.23. The van der Waals surface area contributed by atoms with E-state index in [0.717, 1.165) is 140 Å². The van der Waals surface area contributed by atoms with E-state index in [2.05, 4.69) is 55.6 Å². The lowest BCUT2D eigenvalue weighted by Gasteiger charge is -2.34. The minimum atomic E-state index is -2.01. The first kappa shape index (κ1) is 44.6. The van der Waals surface area contributed by atoms with E-state index in [4.69, 9.17) is 49.0 Å². The van der Waals surface area contributed by atoms with Gasteiger partial charge in [-0.25, -0.2) is 15.0 Å². The molecular weight excluding hydrogens is 929 g/mol. The van der Waals surface area contributed by atoms with Crippen LogP contribution >= 0.6 is 68.8 Å². The molecule has 0 saturated carbocycles. The largest absolute Gasteiger partial charge is 0.771 e. The van der Waals surface area contributed by atoms with Gasteiger partial charge in [0.1, 0.15) is 31.9 Å². The zero-order valence-electron chi connectivity index (χ0n) is 32.8. The van der Waals surface area contributed by atoms with Crippen molar-refractivity contribution in [1.29, 1.82) is 0 Å². The number of rotatable bonds is 8. The molecule has 0 N–H and O–H groups in total. The molecule has 4 saturated heterocycles. The molecule has 10 rings (SSSR count). The number of thiophene rings is 3. The van der Waals surface area contributed by atoms with Crippen molar-refractivity contribution in [3.05, 3.63) is 49.2 Å². The molecule has 0 bridgehead atoms. The molecule has 1 atom stereocenters. The number of ether oxygens (including phenoxy) is 3. The summed E-state index contributed by atoms with van der Waals surface area (Å²) < 4.78 is 37.8. The predicted molar refractivity (Wildman–Crippen MR) is 242 cm³/mol. The molecule has 0 radical (unpaired) electrons. The van der Waals surface area contributed by atoms with E-state index in [9.17, 15) is 13.6 Å². The molecule has 0 aliphatic carbocycles. The number of carbonyl (C=O) groups is 1. The van der Waals surface area contributed by atoms with Crippen molar-refractivity contribution in [3.8, 4) is 0 Å². The van der Waals surface area contributed by atoms with Crippen molar-refractivity contribution in [2.45, 2.75) is 6.54 Å². The van der Waals surface area contributed by atoms with E-state index in [-0.39, 0.29) is 16.4 Å². The lowest BCUT2D eigenvalue weighted by Crippen LogP contribution is -2.46. The van der Waals surface area contributed by atoms with Crippen molar-refractivity contribution < 1.29 is 27.8 Å². The Morgan fingerprint density at radius 3 is 1.59 bits per heavy atom. The number of morpholine rings is 3. The highest BCUT2D eigenvalue weighted by atomic mass is 35.5. The standard InChI is InChI=1S/C16H22ClN5O3S2.C11H10ClN3O2S.C10H10ClN3OS/c17-16-18-14(22-5-7-25-8-6-22)13-9-12(26-15(13)19-16)10-20-1-3-21(4-2-20)11-27(23)24;12-11-13-9(15-1-3-17-4-2-15)8-5-7(6-16)18-10(8)14-11;11-10-12-8(14-2-4-15-5-3-14)7-1-6-16-9(7)13-10/h9H,1-8,10-11H2,(H,23,24);5-6H,1-4H2;1,6H,2-5H2/p-1. The summed E-state index contributed by atoms with van der Waals surface area (Å²) >= 11 is 20.6. The number of nitrogens with zero attached hydrogens (tertiary/aromatic N) is 11. The van der Waals surface area contributed by atoms with E-state index in [1.165, 1.54) is 16.2 Å². The maximum absolute atomic E-state index is 10.8. The molecule has 0 aromatic carbocycles. The number of hydrogen-bond acceptors (Lipinski definition) is 20. The summed E-state index contributed by atoms with van der Waals surface area (Å²) in [6.45, 7) is 13.2. The molecule has 17 nitrogen and oxygen atoms in total. The van der Waals surface area contributed by atoms with Crippen LogP contribution in [0, 0.1) is 0 Å². The third-order valence-electron chi connectivity index (χ3n) is 10.2. The molecule has 0 amide bonds. The summed E-state index contributed by atoms with van der Waals surface area (Å²) in [5.74, 6) is 2.73. The molecular formula is C37H41Cl3N11O6S4-. The number of aldehydes is 1. The Morgan fingerprint density at radius 1 is 0.623 bits per heavy atom. The van der Waals surface area contributed by atoms with Gasteiger partial charge < -0.3 is 33.5 Å². The minimum absolute atomic E-state index is 0.119. The summed E-state index contributed by atoms with van der Waals surface area (Å²) in [5.41, 5.74) is 0. The molecule has 0 spiro atoms. The summed E-state index contributed by atoms with van der Waals surface area (Å²) in [5, 5.41) is 5.82. The van der Waals surface area contributed by atoms with E-state index < -0.39 is 11.1 Å². The van der Waals surface area contributed by atoms with E-state index in [0.29, 0.717) is 36.6 Å². The average Bonchev–Trinajstić information content (AvgIpc) is 4.03. The fourth-order valence-electron chi connectivity index (χ4n) is 7.28. The molecule has 4 aliphatic rings. The summed E-state index contributed by atoms with van der Waals surface area (Å²) in [6, 6.07) is 6.02. The Kier molecular flexibility index (Phi) is 15.4. The second kappa shape index (κ2) is 21.1. The summed E-state index contributed by atoms with van der Waals surface area (Å²) in [4.78, 5) is 52.0. The van der Waals surface area contributed by atoms with E-state index in [1.807, 2.05) is 22.4 Å². The first-order valence-corrected chi connectivity index (χ1v) is 24.4. The predicted octanol–water partition coefficient (Wildman–Crippen LogP) is 5.31. The normalized spacial score (nSPS) is 18.5. The average molecular weight is 970 g/mol. The van der Waals surface area contributed by atoms with Gasteiger partial charge in [-0.2, -0.15) is 15.0 Å². The summed E-state index contributed by atoms with van der Waals surface area (Å²) in [6.07, 6.45) is 0.823. The number of anilines is 3. The van der Waals surface area contributed by atoms with Crippen molar-refractivity contribution in [2.75, 3.05) is 126 Å². The monoisotopic (exact) mass is 968 g/mol. The fraction of sp³-hybridized carbons (Fsp3) is 0.486. The summed E-state index contributed by atoms with van der Waals surface area (Å²) in [7, 11) is 0. The zero-order chi connectivity index (χ0) is 42.3. The SMILES string of the molecule is Clc1nc(N2CCOCC2)c2ccsc2n1.O=Cc1cc2c(N3CCOCC3)nc(Cl)nc2s1.O=S([O-])CN1CCN(Cc2cc3c(N4CCOCC4)nc(Cl)nc3s2)CC1. The maximum Gasteiger partial charge on any atom is 0.225 e. The van der Waals surface area contributed by atoms with Crippen LogP contribution in [0.25, 0.3) is 30.6 Å². The number of carbonyl (C=O) groups excluding carboxylic acids is 1. The van der Waals surface area contributed by atoms with Crippen LogP contribution in [0.15, 0.2) is 23.6 Å². The fourth-order valence-corrected chi connectivity index (χ4v) is 11.1. The van der Waals surface area contributed by atoms with Crippen LogP contribution in [0.3, 0.4) is 0 Å². The number of fused-ring (bicyclic) bond motifs is 3. The van der Waals surface area contributed by atoms with Crippen LogP contribution in [0.1, 0.15) is 14.5 Å². The van der Waals surface area contributed by atoms with Gasteiger partial charge in [0, 0.05) is 76.9 Å². The number of halogens is 3. The Hall–Kier alpha value is -3.03. The Balaban J connectivity index is 0.000000132. The Labute approximate surface area is 380 Å². The molecule has 4 aliphatic heterocycles. The van der Waals surface area contributed by atoms with Crippen LogP contribution in [0.5, 0.6) is 0 Å². The molecule has 1 unspecified atom stereocenters. The van der Waals surface area contributed by atoms with Crippen molar-refractivity contribution >= 4 is 134 Å². The Morgan fingerprint density at radius 2 is 1.08 bits per heavy atom. The molecule has 4 fully saturated rings. The van der Waals surface area contributed by atoms with Crippen molar-refractivity contribution in [3.63, 3.8) is 0 Å². The van der Waals surface area contributed by atoms with Crippen LogP contribution in [0.2, 0.25) is 15.9 Å². The van der Waals surface area contributed by atoms with Gasteiger partial charge in [0.15, 0.2) is 6.29 Å². The number of hydrogen-bond donors (Lipinski definition) is 0. The van der Waals surface area contributed by atoms with Gasteiger partial charge in [-0.3, -0.25) is 18.8 Å². The number of piperazine rings is 1. The second-order valence-corrected chi connectivity index (χ2v) is 19.1. The van der Waals surface area contributed by atoms with Crippen LogP contribution in [0.4, 0.5) is 17.5 Å². The smallest absolute Gasteiger partial charge is 0.225 e. The molecule has 326 valence electrons. The molecule has 6 aromatic rings. The van der Waals surface area contributed by atoms with Gasteiger partial charge in [0.05, 0.1) is 66.6 Å². The topological polar surface area (TPSA) is 178 Å². The first-order chi connectivity index (χ1) is 29.7. The van der Waals surface area contributed by atoms with Crippen LogP contribution in [-0.4, -0.2) is 166 Å². The highest BCUT2D eigenvalue weighted by molar-refractivity contribution is 7.79. The first-order valence-electron chi connectivity index (χ1n) is 19.5. The lowest BCUT2D eigenvalue weighted by atomic mass is 10.2.